The van der Waals surface area contributed by atoms with Gasteiger partial charge in [0.2, 0.25) is 0 Å². The van der Waals surface area contributed by atoms with Gasteiger partial charge >= 0.3 is 0 Å². The molecule has 0 aromatic carbocycles. The van der Waals surface area contributed by atoms with E-state index in [0.717, 1.165) is 10.6 Å². The highest BCUT2D eigenvalue weighted by Crippen LogP contribution is 2.33. The van der Waals surface area contributed by atoms with Crippen molar-refractivity contribution in [3.8, 4) is 0 Å². The number of hydrogen-bond acceptors (Lipinski definition) is 6. The average molecular weight is 236 g/mol. The number of nitrogen functional groups attached to an aromatic ring is 1. The molecule has 84 valence electrons. The Kier molecular flexibility index (Phi) is 3.09. The Morgan fingerprint density at radius 3 is 2.75 bits per heavy atom. The summed E-state index contributed by atoms with van der Waals surface area (Å²) in [6, 6.07) is 0. The third kappa shape index (κ3) is 2.16. The van der Waals surface area contributed by atoms with Crippen molar-refractivity contribution in [2.24, 2.45) is 0 Å². The third-order valence-corrected chi connectivity index (χ3v) is 2.94. The molecule has 0 saturated carbocycles. The summed E-state index contributed by atoms with van der Waals surface area (Å²) in [5.41, 5.74) is 6.77. The molecule has 0 aliphatic carbocycles. The summed E-state index contributed by atoms with van der Waals surface area (Å²) in [6.07, 6.45) is 4.58. The number of oxazole rings is 1. The molecule has 0 saturated heterocycles. The molecule has 2 heterocycles. The molecule has 0 aliphatic rings. The molecule has 16 heavy (non-hydrogen) atoms. The van der Waals surface area contributed by atoms with E-state index in [4.69, 9.17) is 10.2 Å². The first kappa shape index (κ1) is 10.9. The van der Waals surface area contributed by atoms with Gasteiger partial charge in [-0.15, -0.1) is 0 Å². The van der Waals surface area contributed by atoms with Gasteiger partial charge in [-0.2, -0.15) is 0 Å². The van der Waals surface area contributed by atoms with Gasteiger partial charge in [0.05, 0.1) is 6.20 Å². The first-order chi connectivity index (χ1) is 7.68. The van der Waals surface area contributed by atoms with Gasteiger partial charge in [-0.1, -0.05) is 13.8 Å². The fraction of sp³-hybridized carbons (Fsp3) is 0.300. The zero-order chi connectivity index (χ0) is 11.5. The minimum absolute atomic E-state index is 0.263. The van der Waals surface area contributed by atoms with Crippen molar-refractivity contribution in [3.63, 3.8) is 0 Å². The molecule has 0 aliphatic heterocycles. The summed E-state index contributed by atoms with van der Waals surface area (Å²) in [4.78, 5) is 12.2. The molecular weight excluding hydrogens is 224 g/mol. The molecule has 0 unspecified atom stereocenters. The third-order valence-electron chi connectivity index (χ3n) is 2.05. The summed E-state index contributed by atoms with van der Waals surface area (Å²) < 4.78 is 5.16. The second-order valence-electron chi connectivity index (χ2n) is 3.53. The number of rotatable bonds is 3. The van der Waals surface area contributed by atoms with Crippen molar-refractivity contribution in [1.82, 2.24) is 15.0 Å². The highest BCUT2D eigenvalue weighted by atomic mass is 32.2. The Morgan fingerprint density at radius 1 is 1.31 bits per heavy atom. The van der Waals surface area contributed by atoms with E-state index in [1.54, 1.807) is 6.20 Å². The van der Waals surface area contributed by atoms with Crippen molar-refractivity contribution in [2.75, 3.05) is 5.73 Å². The maximum absolute atomic E-state index is 5.84. The Balaban J connectivity index is 2.37. The summed E-state index contributed by atoms with van der Waals surface area (Å²) in [5.74, 6) is 0.776. The van der Waals surface area contributed by atoms with E-state index in [1.807, 2.05) is 0 Å². The van der Waals surface area contributed by atoms with Crippen LogP contribution in [-0.2, 0) is 0 Å². The molecule has 0 spiro atoms. The topological polar surface area (TPSA) is 77.8 Å². The van der Waals surface area contributed by atoms with Crippen LogP contribution in [-0.4, -0.2) is 15.0 Å². The standard InChI is InChI=1S/C10H12N4OS/c1-6(2)7-8(11)13-5-14-9(7)16-10-12-3-4-15-10/h3-6H,1-2H3,(H2,11,13,14). The molecule has 2 N–H and O–H groups in total. The van der Waals surface area contributed by atoms with Gasteiger partial charge in [0.25, 0.3) is 5.22 Å². The van der Waals surface area contributed by atoms with Crippen molar-refractivity contribution >= 4 is 17.6 Å². The Hall–Kier alpha value is -1.56. The number of hydrogen-bond donors (Lipinski definition) is 1. The van der Waals surface area contributed by atoms with Crippen LogP contribution in [0.2, 0.25) is 0 Å². The lowest BCUT2D eigenvalue weighted by molar-refractivity contribution is 0.453. The Morgan fingerprint density at radius 2 is 2.12 bits per heavy atom. The van der Waals surface area contributed by atoms with E-state index in [9.17, 15) is 0 Å². The number of anilines is 1. The first-order valence-electron chi connectivity index (χ1n) is 4.86. The molecule has 2 rings (SSSR count). The summed E-state index contributed by atoms with van der Waals surface area (Å²) in [6.45, 7) is 4.10. The van der Waals surface area contributed by atoms with Crippen LogP contribution in [0.25, 0.3) is 0 Å². The second kappa shape index (κ2) is 4.52. The van der Waals surface area contributed by atoms with E-state index in [1.165, 1.54) is 24.4 Å². The van der Waals surface area contributed by atoms with Crippen LogP contribution in [0.1, 0.15) is 25.3 Å². The van der Waals surface area contributed by atoms with Crippen LogP contribution in [0, 0.1) is 0 Å². The highest BCUT2D eigenvalue weighted by molar-refractivity contribution is 7.99. The van der Waals surface area contributed by atoms with Crippen LogP contribution in [0.3, 0.4) is 0 Å². The largest absolute Gasteiger partial charge is 0.440 e. The van der Waals surface area contributed by atoms with E-state index in [0.29, 0.717) is 11.0 Å². The van der Waals surface area contributed by atoms with Crippen molar-refractivity contribution < 1.29 is 4.42 Å². The van der Waals surface area contributed by atoms with Gasteiger partial charge in [0, 0.05) is 5.56 Å². The Labute approximate surface area is 97.5 Å². The molecular formula is C10H12N4OS. The smallest absolute Gasteiger partial charge is 0.261 e. The minimum atomic E-state index is 0.263. The summed E-state index contributed by atoms with van der Waals surface area (Å²) in [7, 11) is 0. The van der Waals surface area contributed by atoms with E-state index in [-0.39, 0.29) is 5.92 Å². The van der Waals surface area contributed by atoms with E-state index in [2.05, 4.69) is 28.8 Å². The lowest BCUT2D eigenvalue weighted by atomic mass is 10.1. The van der Waals surface area contributed by atoms with E-state index < -0.39 is 0 Å². The van der Waals surface area contributed by atoms with Crippen LogP contribution >= 0.6 is 11.8 Å². The predicted molar refractivity (Wildman–Crippen MR) is 61.2 cm³/mol. The number of aromatic nitrogens is 3. The van der Waals surface area contributed by atoms with Crippen LogP contribution < -0.4 is 5.73 Å². The fourth-order valence-corrected chi connectivity index (χ4v) is 2.29. The quantitative estimate of drug-likeness (QED) is 0.824. The average Bonchev–Trinajstić information content (AvgIpc) is 2.70. The van der Waals surface area contributed by atoms with Gasteiger partial charge in [-0.05, 0) is 17.7 Å². The second-order valence-corrected chi connectivity index (χ2v) is 4.47. The van der Waals surface area contributed by atoms with Crippen molar-refractivity contribution in [1.29, 1.82) is 0 Å². The van der Waals surface area contributed by atoms with Crippen LogP contribution in [0.4, 0.5) is 5.82 Å². The van der Waals surface area contributed by atoms with Crippen LogP contribution in [0.5, 0.6) is 0 Å². The van der Waals surface area contributed by atoms with Crippen molar-refractivity contribution in [2.45, 2.75) is 30.0 Å². The van der Waals surface area contributed by atoms with Gasteiger partial charge in [0.1, 0.15) is 23.4 Å². The lowest BCUT2D eigenvalue weighted by Crippen LogP contribution is -2.03. The zero-order valence-corrected chi connectivity index (χ0v) is 9.86. The van der Waals surface area contributed by atoms with Gasteiger partial charge < -0.3 is 10.2 Å². The van der Waals surface area contributed by atoms with Crippen molar-refractivity contribution in [3.05, 3.63) is 24.4 Å². The molecule has 0 bridgehead atoms. The highest BCUT2D eigenvalue weighted by Gasteiger charge is 2.15. The zero-order valence-electron chi connectivity index (χ0n) is 9.04. The van der Waals surface area contributed by atoms with Crippen LogP contribution in [0.15, 0.2) is 33.5 Å². The molecule has 5 nitrogen and oxygen atoms in total. The molecule has 0 amide bonds. The maximum atomic E-state index is 5.84. The van der Waals surface area contributed by atoms with E-state index >= 15 is 0 Å². The molecule has 0 radical (unpaired) electrons. The molecule has 6 heteroatoms. The summed E-state index contributed by atoms with van der Waals surface area (Å²) >= 11 is 1.35. The molecule has 2 aromatic rings. The summed E-state index contributed by atoms with van der Waals surface area (Å²) in [5, 5.41) is 1.35. The monoisotopic (exact) mass is 236 g/mol. The van der Waals surface area contributed by atoms with Gasteiger partial charge in [0.15, 0.2) is 0 Å². The minimum Gasteiger partial charge on any atom is -0.440 e. The van der Waals surface area contributed by atoms with Gasteiger partial charge in [-0.3, -0.25) is 0 Å². The maximum Gasteiger partial charge on any atom is 0.261 e. The predicted octanol–water partition coefficient (Wildman–Crippen LogP) is 2.32. The number of nitrogens with zero attached hydrogens (tertiary/aromatic N) is 3. The lowest BCUT2D eigenvalue weighted by Gasteiger charge is -2.11. The Bertz CT molecular complexity index is 470. The molecule has 0 fully saturated rings. The number of nitrogens with two attached hydrogens (primary N) is 1. The molecule has 2 aromatic heterocycles. The SMILES string of the molecule is CC(C)c1c(N)ncnc1Sc1ncco1. The normalized spacial score (nSPS) is 10.9. The first-order valence-corrected chi connectivity index (χ1v) is 5.68. The fourth-order valence-electron chi connectivity index (χ4n) is 1.36. The molecule has 0 atom stereocenters. The van der Waals surface area contributed by atoms with Gasteiger partial charge in [-0.25, -0.2) is 15.0 Å².